The minimum atomic E-state index is 0.611. The maximum absolute atomic E-state index is 5.27. The van der Waals surface area contributed by atoms with Crippen molar-refractivity contribution in [2.24, 2.45) is 5.73 Å². The molecule has 0 radical (unpaired) electrons. The Labute approximate surface area is 65.8 Å². The van der Waals surface area contributed by atoms with E-state index >= 15 is 0 Å². The van der Waals surface area contributed by atoms with Gasteiger partial charge in [0.15, 0.2) is 0 Å². The number of hydrogen-bond acceptors (Lipinski definition) is 4. The van der Waals surface area contributed by atoms with E-state index in [1.165, 1.54) is 0 Å². The molecule has 4 heteroatoms. The fraction of sp³-hybridized carbons (Fsp3) is 0.286. The van der Waals surface area contributed by atoms with Crippen LogP contribution in [-0.2, 0) is 0 Å². The molecule has 0 bridgehead atoms. The lowest BCUT2D eigenvalue weighted by molar-refractivity contribution is 0.783. The molecular weight excluding hydrogens is 140 g/mol. The summed E-state index contributed by atoms with van der Waals surface area (Å²) in [6.45, 7) is 1.34. The molecule has 0 spiro atoms. The van der Waals surface area contributed by atoms with Crippen molar-refractivity contribution < 1.29 is 0 Å². The van der Waals surface area contributed by atoms with E-state index in [1.807, 2.05) is 18.2 Å². The van der Waals surface area contributed by atoms with Crippen LogP contribution in [0.15, 0.2) is 24.4 Å². The highest BCUT2D eigenvalue weighted by Gasteiger charge is 1.86. The second-order valence-corrected chi connectivity index (χ2v) is 2.06. The van der Waals surface area contributed by atoms with Gasteiger partial charge in [0.05, 0.1) is 0 Å². The van der Waals surface area contributed by atoms with Gasteiger partial charge in [0.2, 0.25) is 0 Å². The molecule has 0 aliphatic heterocycles. The van der Waals surface area contributed by atoms with Crippen LogP contribution in [0.1, 0.15) is 0 Å². The fourth-order valence-corrected chi connectivity index (χ4v) is 0.662. The maximum atomic E-state index is 5.27. The predicted octanol–water partition coefficient (Wildman–Crippen LogP) is -0.0432. The van der Waals surface area contributed by atoms with Crippen LogP contribution in [0.5, 0.6) is 0 Å². The van der Waals surface area contributed by atoms with Gasteiger partial charge in [-0.05, 0) is 12.1 Å². The first kappa shape index (κ1) is 7.97. The molecule has 11 heavy (non-hydrogen) atoms. The summed E-state index contributed by atoms with van der Waals surface area (Å²) >= 11 is 0. The average Bonchev–Trinajstić information content (AvgIpc) is 2.07. The summed E-state index contributed by atoms with van der Waals surface area (Å²) in [5.74, 6) is 0.806. The van der Waals surface area contributed by atoms with Crippen LogP contribution in [-0.4, -0.2) is 18.1 Å². The lowest BCUT2D eigenvalue weighted by Crippen LogP contribution is -2.28. The van der Waals surface area contributed by atoms with Gasteiger partial charge < -0.3 is 11.2 Å². The smallest absolute Gasteiger partial charge is 0.140 e. The third-order valence-electron chi connectivity index (χ3n) is 1.15. The summed E-state index contributed by atoms with van der Waals surface area (Å²) in [6, 6.07) is 5.66. The number of aromatic nitrogens is 1. The van der Waals surface area contributed by atoms with E-state index in [2.05, 4.69) is 15.8 Å². The Morgan fingerprint density at radius 1 is 1.45 bits per heavy atom. The summed E-state index contributed by atoms with van der Waals surface area (Å²) in [4.78, 5) is 4.04. The molecule has 4 nitrogen and oxygen atoms in total. The van der Waals surface area contributed by atoms with Crippen LogP contribution in [0, 0.1) is 0 Å². The third kappa shape index (κ3) is 2.97. The number of anilines is 1. The number of rotatable bonds is 4. The first-order chi connectivity index (χ1) is 5.43. The number of nitrogens with two attached hydrogens (primary N) is 1. The molecule has 1 aromatic heterocycles. The molecule has 1 heterocycles. The quantitative estimate of drug-likeness (QED) is 0.418. The zero-order valence-electron chi connectivity index (χ0n) is 6.25. The largest absolute Gasteiger partial charge is 0.329 e. The molecular formula is C7H12N4. The van der Waals surface area contributed by atoms with Gasteiger partial charge >= 0.3 is 0 Å². The van der Waals surface area contributed by atoms with E-state index in [0.29, 0.717) is 6.54 Å². The standard InChI is InChI=1S/C7H12N4/c8-4-6-10-11-7-3-1-2-5-9-7/h1-3,5,10H,4,6,8H2,(H,9,11). The van der Waals surface area contributed by atoms with Gasteiger partial charge in [-0.2, -0.15) is 0 Å². The van der Waals surface area contributed by atoms with Gasteiger partial charge in [-0.3, -0.25) is 0 Å². The molecule has 0 amide bonds. The molecule has 0 aliphatic carbocycles. The summed E-state index contributed by atoms with van der Waals surface area (Å²) in [7, 11) is 0. The molecule has 0 saturated carbocycles. The molecule has 0 fully saturated rings. The fourth-order valence-electron chi connectivity index (χ4n) is 0.662. The predicted molar refractivity (Wildman–Crippen MR) is 44.9 cm³/mol. The lowest BCUT2D eigenvalue weighted by atomic mass is 10.5. The van der Waals surface area contributed by atoms with Crippen LogP contribution in [0.25, 0.3) is 0 Å². The Morgan fingerprint density at radius 2 is 2.36 bits per heavy atom. The monoisotopic (exact) mass is 152 g/mol. The van der Waals surface area contributed by atoms with Gasteiger partial charge in [-0.25, -0.2) is 10.4 Å². The third-order valence-corrected chi connectivity index (χ3v) is 1.15. The van der Waals surface area contributed by atoms with Crippen LogP contribution in [0.3, 0.4) is 0 Å². The molecule has 1 aromatic rings. The first-order valence-electron chi connectivity index (χ1n) is 3.53. The van der Waals surface area contributed by atoms with Crippen LogP contribution < -0.4 is 16.6 Å². The Morgan fingerprint density at radius 3 is 3.00 bits per heavy atom. The Balaban J connectivity index is 2.28. The van der Waals surface area contributed by atoms with Crippen molar-refractivity contribution >= 4 is 5.82 Å². The van der Waals surface area contributed by atoms with E-state index in [1.54, 1.807) is 6.20 Å². The van der Waals surface area contributed by atoms with Crippen LogP contribution >= 0.6 is 0 Å². The Hall–Kier alpha value is -1.13. The van der Waals surface area contributed by atoms with Gasteiger partial charge in [-0.15, -0.1) is 0 Å². The molecule has 1 rings (SSSR count). The van der Waals surface area contributed by atoms with Crippen LogP contribution in [0.4, 0.5) is 5.82 Å². The molecule has 60 valence electrons. The van der Waals surface area contributed by atoms with Crippen molar-refractivity contribution in [1.82, 2.24) is 10.4 Å². The molecule has 0 saturated heterocycles. The second kappa shape index (κ2) is 4.65. The van der Waals surface area contributed by atoms with E-state index in [0.717, 1.165) is 12.4 Å². The highest BCUT2D eigenvalue weighted by Crippen LogP contribution is 1.95. The first-order valence-corrected chi connectivity index (χ1v) is 3.53. The number of nitrogens with one attached hydrogen (secondary N) is 2. The number of hydrazine groups is 1. The normalized spacial score (nSPS) is 9.55. The van der Waals surface area contributed by atoms with Crippen molar-refractivity contribution in [3.8, 4) is 0 Å². The van der Waals surface area contributed by atoms with Gasteiger partial charge in [0.25, 0.3) is 0 Å². The SMILES string of the molecule is NCCNNc1ccccn1. The van der Waals surface area contributed by atoms with E-state index in [4.69, 9.17) is 5.73 Å². The van der Waals surface area contributed by atoms with E-state index < -0.39 is 0 Å². The van der Waals surface area contributed by atoms with Crippen molar-refractivity contribution in [1.29, 1.82) is 0 Å². The lowest BCUT2D eigenvalue weighted by Gasteiger charge is -2.04. The average molecular weight is 152 g/mol. The van der Waals surface area contributed by atoms with Crippen molar-refractivity contribution in [3.63, 3.8) is 0 Å². The van der Waals surface area contributed by atoms with Crippen LogP contribution in [0.2, 0.25) is 0 Å². The minimum Gasteiger partial charge on any atom is -0.329 e. The highest BCUT2D eigenvalue weighted by atomic mass is 15.4. The van der Waals surface area contributed by atoms with E-state index in [-0.39, 0.29) is 0 Å². The summed E-state index contributed by atoms with van der Waals surface area (Å²) in [5.41, 5.74) is 11.1. The Kier molecular flexibility index (Phi) is 3.37. The van der Waals surface area contributed by atoms with Crippen molar-refractivity contribution in [3.05, 3.63) is 24.4 Å². The zero-order valence-corrected chi connectivity index (χ0v) is 6.25. The molecule has 0 aliphatic rings. The van der Waals surface area contributed by atoms with E-state index in [9.17, 15) is 0 Å². The van der Waals surface area contributed by atoms with Gasteiger partial charge in [-0.1, -0.05) is 6.07 Å². The number of nitrogens with zero attached hydrogens (tertiary/aromatic N) is 1. The molecule has 0 atom stereocenters. The molecule has 0 aromatic carbocycles. The second-order valence-electron chi connectivity index (χ2n) is 2.06. The summed E-state index contributed by atoms with van der Waals surface area (Å²) < 4.78 is 0. The molecule has 0 unspecified atom stereocenters. The number of pyridine rings is 1. The van der Waals surface area contributed by atoms with Crippen molar-refractivity contribution in [2.45, 2.75) is 0 Å². The maximum Gasteiger partial charge on any atom is 0.140 e. The Bertz CT molecular complexity index is 187. The topological polar surface area (TPSA) is 63.0 Å². The zero-order chi connectivity index (χ0) is 7.94. The van der Waals surface area contributed by atoms with Gasteiger partial charge in [0.1, 0.15) is 5.82 Å². The van der Waals surface area contributed by atoms with Crippen molar-refractivity contribution in [2.75, 3.05) is 18.5 Å². The van der Waals surface area contributed by atoms with Gasteiger partial charge in [0, 0.05) is 19.3 Å². The number of hydrogen-bond donors (Lipinski definition) is 3. The molecule has 4 N–H and O–H groups in total. The highest BCUT2D eigenvalue weighted by molar-refractivity contribution is 5.31. The summed E-state index contributed by atoms with van der Waals surface area (Å²) in [5, 5.41) is 0. The minimum absolute atomic E-state index is 0.611. The summed E-state index contributed by atoms with van der Waals surface area (Å²) in [6.07, 6.45) is 1.73.